The molecule has 0 unspecified atom stereocenters. The molecule has 5 nitrogen and oxygen atoms in total. The molecule has 25 heavy (non-hydrogen) atoms. The van der Waals surface area contributed by atoms with Gasteiger partial charge in [-0.2, -0.15) is 0 Å². The Bertz CT molecular complexity index is 888. The number of anilines is 1. The molecule has 0 aliphatic carbocycles. The molecule has 3 rings (SSSR count). The van der Waals surface area contributed by atoms with Gasteiger partial charge in [0.05, 0.1) is 19.9 Å². The van der Waals surface area contributed by atoms with E-state index in [4.69, 9.17) is 9.47 Å². The molecule has 0 aliphatic rings. The highest BCUT2D eigenvalue weighted by Gasteiger charge is 2.13. The minimum absolute atomic E-state index is 0.178. The summed E-state index contributed by atoms with van der Waals surface area (Å²) in [6.45, 7) is 1.98. The summed E-state index contributed by atoms with van der Waals surface area (Å²) in [5.41, 5.74) is 3.29. The minimum Gasteiger partial charge on any atom is -0.497 e. The van der Waals surface area contributed by atoms with Crippen LogP contribution in [0, 0.1) is 6.92 Å². The Morgan fingerprint density at radius 1 is 1.08 bits per heavy atom. The molecule has 0 bridgehead atoms. The lowest BCUT2D eigenvalue weighted by molar-refractivity contribution is 0.102. The van der Waals surface area contributed by atoms with Crippen LogP contribution in [0.2, 0.25) is 0 Å². The van der Waals surface area contributed by atoms with E-state index in [2.05, 4.69) is 10.3 Å². The van der Waals surface area contributed by atoms with Gasteiger partial charge in [0.2, 0.25) is 0 Å². The van der Waals surface area contributed by atoms with Crippen molar-refractivity contribution in [1.29, 1.82) is 0 Å². The monoisotopic (exact) mass is 354 g/mol. The molecule has 0 atom stereocenters. The second-order valence-electron chi connectivity index (χ2n) is 5.42. The maximum absolute atomic E-state index is 12.3. The van der Waals surface area contributed by atoms with Crippen molar-refractivity contribution in [2.75, 3.05) is 19.5 Å². The number of benzene rings is 2. The summed E-state index contributed by atoms with van der Waals surface area (Å²) < 4.78 is 10.6. The summed E-state index contributed by atoms with van der Waals surface area (Å²) in [5.74, 6) is 1.20. The number of hydrogen-bond donors (Lipinski definition) is 1. The number of aromatic nitrogens is 1. The van der Waals surface area contributed by atoms with Crippen molar-refractivity contribution in [1.82, 2.24) is 4.98 Å². The van der Waals surface area contributed by atoms with E-state index in [1.165, 1.54) is 11.3 Å². The van der Waals surface area contributed by atoms with Gasteiger partial charge < -0.3 is 9.47 Å². The number of methoxy groups -OCH3 is 2. The highest BCUT2D eigenvalue weighted by molar-refractivity contribution is 7.14. The van der Waals surface area contributed by atoms with Crippen LogP contribution in [-0.4, -0.2) is 25.1 Å². The van der Waals surface area contributed by atoms with Gasteiger partial charge in [-0.05, 0) is 31.2 Å². The van der Waals surface area contributed by atoms with Gasteiger partial charge in [-0.1, -0.05) is 17.7 Å². The third kappa shape index (κ3) is 3.80. The second kappa shape index (κ2) is 7.36. The zero-order chi connectivity index (χ0) is 17.8. The maximum Gasteiger partial charge on any atom is 0.257 e. The highest BCUT2D eigenvalue weighted by Crippen LogP contribution is 2.34. The normalized spacial score (nSPS) is 10.4. The molecule has 1 amide bonds. The Kier molecular flexibility index (Phi) is 5.00. The predicted octanol–water partition coefficient (Wildman–Crippen LogP) is 4.39. The van der Waals surface area contributed by atoms with Gasteiger partial charge in [0.25, 0.3) is 5.91 Å². The number of ether oxygens (including phenoxy) is 2. The summed E-state index contributed by atoms with van der Waals surface area (Å²) in [4.78, 5) is 16.8. The van der Waals surface area contributed by atoms with Gasteiger partial charge in [0.1, 0.15) is 11.5 Å². The van der Waals surface area contributed by atoms with Crippen molar-refractivity contribution in [3.8, 4) is 22.8 Å². The van der Waals surface area contributed by atoms with Crippen LogP contribution in [0.5, 0.6) is 11.5 Å². The van der Waals surface area contributed by atoms with Crippen LogP contribution in [-0.2, 0) is 0 Å². The number of amides is 1. The van der Waals surface area contributed by atoms with Crippen LogP contribution in [0.25, 0.3) is 11.3 Å². The van der Waals surface area contributed by atoms with E-state index in [9.17, 15) is 4.79 Å². The Morgan fingerprint density at radius 3 is 2.52 bits per heavy atom. The van der Waals surface area contributed by atoms with Gasteiger partial charge >= 0.3 is 0 Å². The molecule has 0 aliphatic heterocycles. The predicted molar refractivity (Wildman–Crippen MR) is 99.8 cm³/mol. The summed E-state index contributed by atoms with van der Waals surface area (Å²) in [7, 11) is 3.21. The first-order valence-corrected chi connectivity index (χ1v) is 8.54. The van der Waals surface area contributed by atoms with Crippen molar-refractivity contribution >= 4 is 22.4 Å². The molecule has 0 fully saturated rings. The molecular formula is C19H18N2O3S. The van der Waals surface area contributed by atoms with E-state index in [0.717, 1.165) is 16.8 Å². The number of carbonyl (C=O) groups is 1. The van der Waals surface area contributed by atoms with E-state index < -0.39 is 0 Å². The molecule has 0 spiro atoms. The summed E-state index contributed by atoms with van der Waals surface area (Å²) >= 11 is 1.37. The van der Waals surface area contributed by atoms with Crippen LogP contribution in [0.4, 0.5) is 5.13 Å². The van der Waals surface area contributed by atoms with Crippen LogP contribution in [0.15, 0.2) is 47.8 Å². The Labute approximate surface area is 150 Å². The first-order valence-electron chi connectivity index (χ1n) is 7.66. The highest BCUT2D eigenvalue weighted by atomic mass is 32.1. The molecule has 6 heteroatoms. The fraction of sp³-hybridized carbons (Fsp3) is 0.158. The Morgan fingerprint density at radius 2 is 1.84 bits per heavy atom. The van der Waals surface area contributed by atoms with Crippen molar-refractivity contribution in [2.24, 2.45) is 0 Å². The molecular weight excluding hydrogens is 336 g/mol. The Hall–Kier alpha value is -2.86. The molecule has 0 saturated heterocycles. The van der Waals surface area contributed by atoms with Gasteiger partial charge in [0.15, 0.2) is 5.13 Å². The summed E-state index contributed by atoms with van der Waals surface area (Å²) in [6, 6.07) is 12.9. The fourth-order valence-corrected chi connectivity index (χ4v) is 3.04. The third-order valence-corrected chi connectivity index (χ3v) is 4.48. The van der Waals surface area contributed by atoms with E-state index in [0.29, 0.717) is 22.2 Å². The van der Waals surface area contributed by atoms with Gasteiger partial charge in [0, 0.05) is 22.6 Å². The molecule has 1 aromatic heterocycles. The first kappa shape index (κ1) is 17.0. The average molecular weight is 354 g/mol. The van der Waals surface area contributed by atoms with E-state index in [1.54, 1.807) is 32.4 Å². The molecule has 0 saturated carbocycles. The number of thiazole rings is 1. The SMILES string of the molecule is COc1ccc(-c2csc(NC(=O)c3ccc(C)cc3)n2)c(OC)c1. The molecule has 1 heterocycles. The van der Waals surface area contributed by atoms with Crippen LogP contribution in [0.3, 0.4) is 0 Å². The molecule has 3 aromatic rings. The fourth-order valence-electron chi connectivity index (χ4n) is 2.34. The number of aryl methyl sites for hydroxylation is 1. The number of carbonyl (C=O) groups excluding carboxylic acids is 1. The molecule has 0 radical (unpaired) electrons. The van der Waals surface area contributed by atoms with Crippen LogP contribution in [0.1, 0.15) is 15.9 Å². The van der Waals surface area contributed by atoms with Gasteiger partial charge in [-0.3, -0.25) is 10.1 Å². The van der Waals surface area contributed by atoms with E-state index in [1.807, 2.05) is 36.6 Å². The number of nitrogens with zero attached hydrogens (tertiary/aromatic N) is 1. The third-order valence-electron chi connectivity index (χ3n) is 3.72. The smallest absolute Gasteiger partial charge is 0.257 e. The van der Waals surface area contributed by atoms with Crippen molar-refractivity contribution in [3.05, 3.63) is 59.0 Å². The van der Waals surface area contributed by atoms with Crippen molar-refractivity contribution in [2.45, 2.75) is 6.92 Å². The quantitative estimate of drug-likeness (QED) is 0.738. The first-order chi connectivity index (χ1) is 12.1. The molecule has 2 aromatic carbocycles. The second-order valence-corrected chi connectivity index (χ2v) is 6.28. The van der Waals surface area contributed by atoms with E-state index in [-0.39, 0.29) is 5.91 Å². The summed E-state index contributed by atoms with van der Waals surface area (Å²) in [5, 5.41) is 5.26. The van der Waals surface area contributed by atoms with Gasteiger partial charge in [-0.25, -0.2) is 4.98 Å². The Balaban J connectivity index is 1.81. The number of rotatable bonds is 5. The van der Waals surface area contributed by atoms with Crippen molar-refractivity contribution in [3.63, 3.8) is 0 Å². The molecule has 128 valence electrons. The number of hydrogen-bond acceptors (Lipinski definition) is 5. The molecule has 1 N–H and O–H groups in total. The summed E-state index contributed by atoms with van der Waals surface area (Å²) in [6.07, 6.45) is 0. The lowest BCUT2D eigenvalue weighted by Gasteiger charge is -2.08. The standard InChI is InChI=1S/C19H18N2O3S/c1-12-4-6-13(7-5-12)18(22)21-19-20-16(11-25-19)15-9-8-14(23-2)10-17(15)24-3/h4-11H,1-3H3,(H,20,21,22). The van der Waals surface area contributed by atoms with Crippen LogP contribution < -0.4 is 14.8 Å². The lowest BCUT2D eigenvalue weighted by atomic mass is 10.1. The topological polar surface area (TPSA) is 60.5 Å². The van der Waals surface area contributed by atoms with Gasteiger partial charge in [-0.15, -0.1) is 11.3 Å². The lowest BCUT2D eigenvalue weighted by Crippen LogP contribution is -2.11. The van der Waals surface area contributed by atoms with Crippen molar-refractivity contribution < 1.29 is 14.3 Å². The largest absolute Gasteiger partial charge is 0.497 e. The minimum atomic E-state index is -0.178. The average Bonchev–Trinajstić information content (AvgIpc) is 3.09. The van der Waals surface area contributed by atoms with E-state index >= 15 is 0 Å². The number of nitrogens with one attached hydrogen (secondary N) is 1. The van der Waals surface area contributed by atoms with Crippen LogP contribution >= 0.6 is 11.3 Å². The zero-order valence-electron chi connectivity index (χ0n) is 14.2. The zero-order valence-corrected chi connectivity index (χ0v) is 15.0. The maximum atomic E-state index is 12.3.